The number of hydrogen-bond acceptors (Lipinski definition) is 3. The van der Waals surface area contributed by atoms with Crippen molar-refractivity contribution in [1.82, 2.24) is 10.2 Å². The molecule has 1 saturated carbocycles. The molecule has 2 fully saturated rings. The number of nitrogens with zero attached hydrogens (tertiary/aromatic N) is 1. The van der Waals surface area contributed by atoms with E-state index in [0.717, 1.165) is 25.7 Å². The van der Waals surface area contributed by atoms with Crippen molar-refractivity contribution >= 4 is 12.0 Å². The smallest absolute Gasteiger partial charge is 0.326 e. The minimum absolute atomic E-state index is 0.192. The first kappa shape index (κ1) is 13.1. The largest absolute Gasteiger partial charge is 0.480 e. The highest BCUT2D eigenvalue weighted by Crippen LogP contribution is 2.20. The van der Waals surface area contributed by atoms with Gasteiger partial charge in [0.15, 0.2) is 0 Å². The van der Waals surface area contributed by atoms with Gasteiger partial charge in [-0.05, 0) is 19.3 Å². The Morgan fingerprint density at radius 3 is 2.50 bits per heavy atom. The zero-order valence-electron chi connectivity index (χ0n) is 10.5. The number of aliphatic carboxylic acids is 1. The van der Waals surface area contributed by atoms with Crippen molar-refractivity contribution in [2.45, 2.75) is 56.7 Å². The van der Waals surface area contributed by atoms with Crippen LogP contribution in [0.2, 0.25) is 0 Å². The molecule has 4 N–H and O–H groups in total. The maximum Gasteiger partial charge on any atom is 0.326 e. The molecular weight excluding hydrogens is 234 g/mol. The van der Waals surface area contributed by atoms with Gasteiger partial charge in [-0.25, -0.2) is 9.59 Å². The van der Waals surface area contributed by atoms with E-state index in [-0.39, 0.29) is 18.1 Å². The SMILES string of the molecule is NC1CC(C(=O)O)N(C(=O)NC2CCCCC2)C1. The summed E-state index contributed by atoms with van der Waals surface area (Å²) >= 11 is 0. The van der Waals surface area contributed by atoms with E-state index in [4.69, 9.17) is 10.8 Å². The molecule has 0 spiro atoms. The number of urea groups is 1. The molecule has 6 heteroatoms. The first-order chi connectivity index (χ1) is 8.58. The predicted octanol–water partition coefficient (Wildman–Crippen LogP) is 0.515. The molecule has 1 saturated heterocycles. The van der Waals surface area contributed by atoms with Crippen LogP contribution in [0.4, 0.5) is 4.79 Å². The third-order valence-electron chi connectivity index (χ3n) is 3.81. The molecule has 1 aliphatic carbocycles. The van der Waals surface area contributed by atoms with Gasteiger partial charge in [0, 0.05) is 18.6 Å². The van der Waals surface area contributed by atoms with Crippen LogP contribution in [-0.4, -0.2) is 46.7 Å². The second kappa shape index (κ2) is 5.56. The van der Waals surface area contributed by atoms with Gasteiger partial charge in [-0.3, -0.25) is 0 Å². The van der Waals surface area contributed by atoms with Crippen molar-refractivity contribution in [2.24, 2.45) is 5.73 Å². The van der Waals surface area contributed by atoms with Crippen LogP contribution >= 0.6 is 0 Å². The standard InChI is InChI=1S/C12H21N3O3/c13-8-6-10(11(16)17)15(7-8)12(18)14-9-4-2-1-3-5-9/h8-10H,1-7,13H2,(H,14,18)(H,16,17). The first-order valence-corrected chi connectivity index (χ1v) is 6.63. The fraction of sp³-hybridized carbons (Fsp3) is 0.833. The molecule has 2 rings (SSSR count). The molecule has 0 aromatic heterocycles. The Hall–Kier alpha value is -1.30. The van der Waals surface area contributed by atoms with Gasteiger partial charge >= 0.3 is 12.0 Å². The number of carbonyl (C=O) groups is 2. The van der Waals surface area contributed by atoms with E-state index in [1.165, 1.54) is 11.3 Å². The molecule has 2 amide bonds. The second-order valence-corrected chi connectivity index (χ2v) is 5.29. The molecule has 1 heterocycles. The minimum Gasteiger partial charge on any atom is -0.480 e. The van der Waals surface area contributed by atoms with Gasteiger partial charge in [-0.1, -0.05) is 19.3 Å². The van der Waals surface area contributed by atoms with E-state index < -0.39 is 12.0 Å². The van der Waals surface area contributed by atoms with E-state index in [1.54, 1.807) is 0 Å². The van der Waals surface area contributed by atoms with Crippen molar-refractivity contribution in [3.63, 3.8) is 0 Å². The second-order valence-electron chi connectivity index (χ2n) is 5.29. The molecule has 0 bridgehead atoms. The number of nitrogens with two attached hydrogens (primary N) is 1. The molecule has 0 aromatic carbocycles. The summed E-state index contributed by atoms with van der Waals surface area (Å²) < 4.78 is 0. The molecule has 2 atom stereocenters. The van der Waals surface area contributed by atoms with Crippen LogP contribution < -0.4 is 11.1 Å². The Labute approximate surface area is 107 Å². The van der Waals surface area contributed by atoms with Crippen LogP contribution in [0.5, 0.6) is 0 Å². The number of carbonyl (C=O) groups excluding carboxylic acids is 1. The highest BCUT2D eigenvalue weighted by atomic mass is 16.4. The van der Waals surface area contributed by atoms with Crippen LogP contribution in [0.25, 0.3) is 0 Å². The summed E-state index contributed by atoms with van der Waals surface area (Å²) in [4.78, 5) is 24.5. The lowest BCUT2D eigenvalue weighted by Crippen LogP contribution is -2.49. The van der Waals surface area contributed by atoms with Gasteiger partial charge in [-0.15, -0.1) is 0 Å². The molecule has 1 aliphatic heterocycles. The topological polar surface area (TPSA) is 95.7 Å². The Morgan fingerprint density at radius 2 is 1.89 bits per heavy atom. The van der Waals surface area contributed by atoms with Crippen molar-refractivity contribution in [1.29, 1.82) is 0 Å². The van der Waals surface area contributed by atoms with Crippen LogP contribution in [0.3, 0.4) is 0 Å². The van der Waals surface area contributed by atoms with Crippen LogP contribution in [0, 0.1) is 0 Å². The third kappa shape index (κ3) is 2.93. The summed E-state index contributed by atoms with van der Waals surface area (Å²) in [6.45, 7) is 0.329. The van der Waals surface area contributed by atoms with E-state index in [1.807, 2.05) is 0 Å². The summed E-state index contributed by atoms with van der Waals surface area (Å²) in [5.41, 5.74) is 5.74. The Morgan fingerprint density at radius 1 is 1.22 bits per heavy atom. The first-order valence-electron chi connectivity index (χ1n) is 6.63. The highest BCUT2D eigenvalue weighted by Gasteiger charge is 2.38. The average Bonchev–Trinajstić information content (AvgIpc) is 2.73. The van der Waals surface area contributed by atoms with Crippen molar-refractivity contribution in [3.05, 3.63) is 0 Å². The van der Waals surface area contributed by atoms with Crippen molar-refractivity contribution in [2.75, 3.05) is 6.54 Å². The maximum atomic E-state index is 12.1. The molecule has 2 unspecified atom stereocenters. The number of rotatable bonds is 2. The van der Waals surface area contributed by atoms with Gasteiger partial charge in [0.25, 0.3) is 0 Å². The Bertz CT molecular complexity index is 329. The normalized spacial score (nSPS) is 29.3. The number of likely N-dealkylation sites (tertiary alicyclic amines) is 1. The zero-order chi connectivity index (χ0) is 13.1. The number of carboxylic acids is 1. The van der Waals surface area contributed by atoms with Gasteiger partial charge in [-0.2, -0.15) is 0 Å². The van der Waals surface area contributed by atoms with Gasteiger partial charge in [0.2, 0.25) is 0 Å². The van der Waals surface area contributed by atoms with Crippen LogP contribution in [0.15, 0.2) is 0 Å². The molecular formula is C12H21N3O3. The van der Waals surface area contributed by atoms with Crippen LogP contribution in [-0.2, 0) is 4.79 Å². The lowest BCUT2D eigenvalue weighted by molar-refractivity contribution is -0.141. The molecule has 102 valence electrons. The van der Waals surface area contributed by atoms with E-state index in [0.29, 0.717) is 13.0 Å². The minimum atomic E-state index is -0.971. The van der Waals surface area contributed by atoms with Crippen molar-refractivity contribution < 1.29 is 14.7 Å². The quantitative estimate of drug-likeness (QED) is 0.670. The summed E-state index contributed by atoms with van der Waals surface area (Å²) in [6, 6.07) is -1.09. The number of amides is 2. The highest BCUT2D eigenvalue weighted by molar-refractivity contribution is 5.83. The lowest BCUT2D eigenvalue weighted by Gasteiger charge is -2.27. The lowest BCUT2D eigenvalue weighted by atomic mass is 9.96. The fourth-order valence-electron chi connectivity index (χ4n) is 2.83. The van der Waals surface area contributed by atoms with Gasteiger partial charge < -0.3 is 21.1 Å². The summed E-state index contributed by atoms with van der Waals surface area (Å²) in [6.07, 6.45) is 5.80. The summed E-state index contributed by atoms with van der Waals surface area (Å²) in [5, 5.41) is 12.0. The molecule has 18 heavy (non-hydrogen) atoms. The summed E-state index contributed by atoms with van der Waals surface area (Å²) in [7, 11) is 0. The molecule has 2 aliphatic rings. The number of carboxylic acid groups (broad SMARTS) is 1. The van der Waals surface area contributed by atoms with E-state index in [2.05, 4.69) is 5.32 Å². The molecule has 0 aromatic rings. The fourth-order valence-corrected chi connectivity index (χ4v) is 2.83. The van der Waals surface area contributed by atoms with Crippen molar-refractivity contribution in [3.8, 4) is 0 Å². The molecule has 0 radical (unpaired) electrons. The Kier molecular flexibility index (Phi) is 4.06. The van der Waals surface area contributed by atoms with Gasteiger partial charge in [0.1, 0.15) is 6.04 Å². The number of hydrogen-bond donors (Lipinski definition) is 3. The molecule has 6 nitrogen and oxygen atoms in total. The maximum absolute atomic E-state index is 12.1. The monoisotopic (exact) mass is 255 g/mol. The van der Waals surface area contributed by atoms with E-state index in [9.17, 15) is 9.59 Å². The summed E-state index contributed by atoms with van der Waals surface area (Å²) in [5.74, 6) is -0.971. The number of nitrogens with one attached hydrogen (secondary N) is 1. The van der Waals surface area contributed by atoms with Gasteiger partial charge in [0.05, 0.1) is 0 Å². The van der Waals surface area contributed by atoms with Crippen LogP contribution in [0.1, 0.15) is 38.5 Å². The third-order valence-corrected chi connectivity index (χ3v) is 3.81. The predicted molar refractivity (Wildman–Crippen MR) is 66.1 cm³/mol. The zero-order valence-corrected chi connectivity index (χ0v) is 10.5. The van der Waals surface area contributed by atoms with E-state index >= 15 is 0 Å². The Balaban J connectivity index is 1.92. The average molecular weight is 255 g/mol.